The maximum atomic E-state index is 2.40. The van der Waals surface area contributed by atoms with E-state index in [1.165, 1.54) is 27.8 Å². The van der Waals surface area contributed by atoms with Crippen LogP contribution in [0.1, 0.15) is 26.2 Å². The SMILES string of the molecule is CPC1(C)CCC1. The van der Waals surface area contributed by atoms with Crippen LogP contribution in [0.2, 0.25) is 0 Å². The third kappa shape index (κ3) is 0.966. The third-order valence-electron chi connectivity index (χ3n) is 2.06. The van der Waals surface area contributed by atoms with Crippen molar-refractivity contribution in [3.05, 3.63) is 0 Å². The zero-order valence-electron chi connectivity index (χ0n) is 5.12. The standard InChI is InChI=1S/C6H13P/c1-6(7-2)4-3-5-6/h7H,3-5H2,1-2H3. The van der Waals surface area contributed by atoms with Gasteiger partial charge in [-0.1, -0.05) is 13.3 Å². The van der Waals surface area contributed by atoms with Crippen molar-refractivity contribution >= 4 is 8.58 Å². The molecular weight excluding hydrogens is 103 g/mol. The van der Waals surface area contributed by atoms with Gasteiger partial charge in [0, 0.05) is 0 Å². The van der Waals surface area contributed by atoms with E-state index < -0.39 is 0 Å². The molecule has 1 aliphatic rings. The highest BCUT2D eigenvalue weighted by atomic mass is 31.1. The maximum Gasteiger partial charge on any atom is -0.0153 e. The van der Waals surface area contributed by atoms with Gasteiger partial charge in [0.1, 0.15) is 0 Å². The van der Waals surface area contributed by atoms with Crippen molar-refractivity contribution in [3.8, 4) is 0 Å². The third-order valence-corrected chi connectivity index (χ3v) is 3.77. The lowest BCUT2D eigenvalue weighted by molar-refractivity contribution is 0.388. The van der Waals surface area contributed by atoms with E-state index >= 15 is 0 Å². The molecule has 0 aromatic rings. The highest BCUT2D eigenvalue weighted by Crippen LogP contribution is 2.45. The Morgan fingerprint density at radius 2 is 2.00 bits per heavy atom. The summed E-state index contributed by atoms with van der Waals surface area (Å²) >= 11 is 0. The lowest BCUT2D eigenvalue weighted by Crippen LogP contribution is -2.26. The Balaban J connectivity index is 2.29. The van der Waals surface area contributed by atoms with Gasteiger partial charge >= 0.3 is 0 Å². The average molecular weight is 116 g/mol. The molecule has 0 amide bonds. The summed E-state index contributed by atoms with van der Waals surface area (Å²) in [5, 5.41) is 0.792. The summed E-state index contributed by atoms with van der Waals surface area (Å²) in [5.41, 5.74) is 0. The first kappa shape index (κ1) is 5.56. The van der Waals surface area contributed by atoms with Gasteiger partial charge in [-0.15, -0.1) is 8.58 Å². The monoisotopic (exact) mass is 116 g/mol. The van der Waals surface area contributed by atoms with Crippen LogP contribution in [0, 0.1) is 0 Å². The molecule has 0 spiro atoms. The van der Waals surface area contributed by atoms with Crippen molar-refractivity contribution in [2.75, 3.05) is 6.66 Å². The predicted molar refractivity (Wildman–Crippen MR) is 36.5 cm³/mol. The summed E-state index contributed by atoms with van der Waals surface area (Å²) < 4.78 is 0. The van der Waals surface area contributed by atoms with E-state index in [0.29, 0.717) is 0 Å². The average Bonchev–Trinajstić information content (AvgIpc) is 1.61. The van der Waals surface area contributed by atoms with Crippen LogP contribution in [0.4, 0.5) is 0 Å². The van der Waals surface area contributed by atoms with Crippen LogP contribution in [0.3, 0.4) is 0 Å². The van der Waals surface area contributed by atoms with E-state index in [9.17, 15) is 0 Å². The molecule has 0 nitrogen and oxygen atoms in total. The maximum absolute atomic E-state index is 2.40. The molecule has 1 unspecified atom stereocenters. The van der Waals surface area contributed by atoms with Crippen molar-refractivity contribution in [3.63, 3.8) is 0 Å². The Morgan fingerprint density at radius 3 is 2.00 bits per heavy atom. The molecule has 42 valence electrons. The summed E-state index contributed by atoms with van der Waals surface area (Å²) in [5.74, 6) is 0. The van der Waals surface area contributed by atoms with Crippen molar-refractivity contribution in [2.24, 2.45) is 0 Å². The van der Waals surface area contributed by atoms with E-state index in [4.69, 9.17) is 0 Å². The topological polar surface area (TPSA) is 0 Å². The molecule has 0 heterocycles. The number of hydrogen-bond acceptors (Lipinski definition) is 0. The van der Waals surface area contributed by atoms with Gasteiger partial charge in [0.2, 0.25) is 0 Å². The van der Waals surface area contributed by atoms with Crippen LogP contribution in [0.25, 0.3) is 0 Å². The summed E-state index contributed by atoms with van der Waals surface area (Å²) in [4.78, 5) is 0. The predicted octanol–water partition coefficient (Wildman–Crippen LogP) is 2.24. The number of rotatable bonds is 1. The first-order valence-corrected chi connectivity index (χ1v) is 4.46. The van der Waals surface area contributed by atoms with E-state index in [0.717, 1.165) is 5.16 Å². The smallest absolute Gasteiger partial charge is 0.0153 e. The lowest BCUT2D eigenvalue weighted by atomic mass is 9.86. The van der Waals surface area contributed by atoms with Crippen LogP contribution in [0.15, 0.2) is 0 Å². The minimum absolute atomic E-state index is 0.792. The zero-order valence-corrected chi connectivity index (χ0v) is 6.12. The van der Waals surface area contributed by atoms with Crippen LogP contribution in [-0.2, 0) is 0 Å². The fraction of sp³-hybridized carbons (Fsp3) is 1.00. The van der Waals surface area contributed by atoms with Gasteiger partial charge in [0.25, 0.3) is 0 Å². The Kier molecular flexibility index (Phi) is 1.39. The second-order valence-corrected chi connectivity index (χ2v) is 4.37. The van der Waals surface area contributed by atoms with Crippen LogP contribution in [-0.4, -0.2) is 11.8 Å². The molecule has 0 bridgehead atoms. The molecule has 1 fully saturated rings. The molecule has 0 aromatic carbocycles. The van der Waals surface area contributed by atoms with Crippen molar-refractivity contribution in [2.45, 2.75) is 31.3 Å². The van der Waals surface area contributed by atoms with Gasteiger partial charge in [0.05, 0.1) is 0 Å². The van der Waals surface area contributed by atoms with Crippen LogP contribution >= 0.6 is 8.58 Å². The lowest BCUT2D eigenvalue weighted by Gasteiger charge is -2.37. The van der Waals surface area contributed by atoms with Crippen molar-refractivity contribution in [1.82, 2.24) is 0 Å². The molecule has 7 heavy (non-hydrogen) atoms. The van der Waals surface area contributed by atoms with Crippen molar-refractivity contribution in [1.29, 1.82) is 0 Å². The molecule has 0 aromatic heterocycles. The van der Waals surface area contributed by atoms with Crippen LogP contribution in [0.5, 0.6) is 0 Å². The minimum Gasteiger partial charge on any atom is -0.119 e. The minimum atomic E-state index is 0.792. The second kappa shape index (κ2) is 1.74. The van der Waals surface area contributed by atoms with Crippen molar-refractivity contribution < 1.29 is 0 Å². The van der Waals surface area contributed by atoms with E-state index in [1.54, 1.807) is 0 Å². The van der Waals surface area contributed by atoms with E-state index in [-0.39, 0.29) is 0 Å². The Bertz CT molecular complexity index is 59.1. The summed E-state index contributed by atoms with van der Waals surface area (Å²) in [6.07, 6.45) is 4.46. The Hall–Kier alpha value is 0.430. The molecule has 1 aliphatic carbocycles. The normalized spacial score (nSPS) is 28.3. The summed E-state index contributed by atoms with van der Waals surface area (Å²) in [6, 6.07) is 0. The zero-order chi connectivity index (χ0) is 5.33. The highest BCUT2D eigenvalue weighted by molar-refractivity contribution is 7.39. The molecular formula is C6H13P. The van der Waals surface area contributed by atoms with Gasteiger partial charge in [-0.05, 0) is 24.7 Å². The van der Waals surface area contributed by atoms with E-state index in [2.05, 4.69) is 13.6 Å². The van der Waals surface area contributed by atoms with Gasteiger partial charge in [0.15, 0.2) is 0 Å². The van der Waals surface area contributed by atoms with Gasteiger partial charge < -0.3 is 0 Å². The first-order valence-electron chi connectivity index (χ1n) is 2.96. The summed E-state index contributed by atoms with van der Waals surface area (Å²) in [6.45, 7) is 4.72. The molecule has 0 saturated heterocycles. The van der Waals surface area contributed by atoms with Gasteiger partial charge in [-0.3, -0.25) is 0 Å². The number of hydrogen-bond donors (Lipinski definition) is 0. The van der Waals surface area contributed by atoms with Gasteiger partial charge in [-0.2, -0.15) is 0 Å². The highest BCUT2D eigenvalue weighted by Gasteiger charge is 2.28. The molecule has 1 atom stereocenters. The first-order chi connectivity index (χ1) is 3.27. The van der Waals surface area contributed by atoms with E-state index in [1.807, 2.05) is 0 Å². The largest absolute Gasteiger partial charge is 0.119 e. The fourth-order valence-corrected chi connectivity index (χ4v) is 1.81. The van der Waals surface area contributed by atoms with Gasteiger partial charge in [-0.25, -0.2) is 0 Å². The fourth-order valence-electron chi connectivity index (χ4n) is 0.957. The Morgan fingerprint density at radius 1 is 1.43 bits per heavy atom. The summed E-state index contributed by atoms with van der Waals surface area (Å²) in [7, 11) is 1.17. The molecule has 1 rings (SSSR count). The quantitative estimate of drug-likeness (QED) is 0.461. The molecule has 0 aliphatic heterocycles. The molecule has 0 radical (unpaired) electrons. The second-order valence-electron chi connectivity index (χ2n) is 2.66. The molecule has 0 N–H and O–H groups in total. The molecule has 1 saturated carbocycles. The van der Waals surface area contributed by atoms with Crippen LogP contribution < -0.4 is 0 Å². The Labute approximate surface area is 47.5 Å². The molecule has 1 heteroatoms.